The zero-order valence-corrected chi connectivity index (χ0v) is 7.39. The van der Waals surface area contributed by atoms with Crippen LogP contribution < -0.4 is 0 Å². The van der Waals surface area contributed by atoms with Gasteiger partial charge in [-0.25, -0.2) is 0 Å². The topological polar surface area (TPSA) is 63.6 Å². The lowest BCUT2D eigenvalue weighted by atomic mass is 10.0. The highest BCUT2D eigenvalue weighted by Crippen LogP contribution is 2.27. The van der Waals surface area contributed by atoms with Gasteiger partial charge < -0.3 is 5.11 Å². The molecule has 1 aliphatic heterocycles. The van der Waals surface area contributed by atoms with Crippen molar-refractivity contribution < 1.29 is 17.7 Å². The minimum atomic E-state index is -3.49. The largest absolute Gasteiger partial charge is 0.389 e. The summed E-state index contributed by atoms with van der Waals surface area (Å²) in [6, 6.07) is 0. The van der Waals surface area contributed by atoms with Gasteiger partial charge in [0.25, 0.3) is 10.1 Å². The van der Waals surface area contributed by atoms with E-state index in [2.05, 4.69) is 4.18 Å². The minimum Gasteiger partial charge on any atom is -0.389 e. The molecule has 11 heavy (non-hydrogen) atoms. The van der Waals surface area contributed by atoms with E-state index >= 15 is 0 Å². The van der Waals surface area contributed by atoms with Crippen molar-refractivity contribution in [1.82, 2.24) is 0 Å². The summed E-state index contributed by atoms with van der Waals surface area (Å²) >= 11 is 0. The van der Waals surface area contributed by atoms with Crippen LogP contribution >= 0.6 is 0 Å². The smallest absolute Gasteiger partial charge is 0.273 e. The van der Waals surface area contributed by atoms with E-state index in [-0.39, 0.29) is 6.61 Å². The second kappa shape index (κ2) is 2.43. The average Bonchev–Trinajstić information content (AvgIpc) is 2.06. The van der Waals surface area contributed by atoms with Gasteiger partial charge in [0.2, 0.25) is 0 Å². The van der Waals surface area contributed by atoms with Crippen molar-refractivity contribution in [2.75, 3.05) is 6.61 Å². The van der Waals surface area contributed by atoms with E-state index in [0.717, 1.165) is 0 Å². The lowest BCUT2D eigenvalue weighted by Crippen LogP contribution is -2.38. The molecule has 0 spiro atoms. The molecule has 1 unspecified atom stereocenters. The summed E-state index contributed by atoms with van der Waals surface area (Å²) in [7, 11) is -3.49. The van der Waals surface area contributed by atoms with Crippen molar-refractivity contribution in [3.63, 3.8) is 0 Å². The minimum absolute atomic E-state index is 0.191. The van der Waals surface area contributed by atoms with Gasteiger partial charge in [-0.1, -0.05) is 0 Å². The highest BCUT2D eigenvalue weighted by atomic mass is 32.2. The third-order valence-corrected chi connectivity index (χ3v) is 3.77. The fraction of sp³-hybridized carbons (Fsp3) is 1.00. The molecule has 1 heterocycles. The molecule has 1 N–H and O–H groups in total. The fourth-order valence-electron chi connectivity index (χ4n) is 1.20. The predicted molar refractivity (Wildman–Crippen MR) is 39.6 cm³/mol. The third kappa shape index (κ3) is 1.72. The number of hydrogen-bond donors (Lipinski definition) is 1. The molecule has 4 nitrogen and oxygen atoms in total. The van der Waals surface area contributed by atoms with Gasteiger partial charge in [-0.2, -0.15) is 8.42 Å². The van der Waals surface area contributed by atoms with Crippen molar-refractivity contribution in [2.45, 2.75) is 31.1 Å². The standard InChI is InChI=1S/C6H12O4S/c1-6(2,7)5-3-4-10-11(5,8)9/h5,7H,3-4H2,1-2H3. The molecular formula is C6H12O4S. The van der Waals surface area contributed by atoms with Crippen LogP contribution in [0.5, 0.6) is 0 Å². The summed E-state index contributed by atoms with van der Waals surface area (Å²) in [4.78, 5) is 0. The molecule has 0 bridgehead atoms. The van der Waals surface area contributed by atoms with Crippen LogP contribution in [-0.4, -0.2) is 31.0 Å². The fourth-order valence-corrected chi connectivity index (χ4v) is 2.79. The van der Waals surface area contributed by atoms with Crippen molar-refractivity contribution in [3.8, 4) is 0 Å². The first-order valence-electron chi connectivity index (χ1n) is 3.44. The zero-order valence-electron chi connectivity index (χ0n) is 6.57. The summed E-state index contributed by atoms with van der Waals surface area (Å²) in [6.45, 7) is 3.14. The number of rotatable bonds is 1. The normalized spacial score (nSPS) is 30.6. The van der Waals surface area contributed by atoms with Crippen LogP contribution in [0.4, 0.5) is 0 Å². The monoisotopic (exact) mass is 180 g/mol. The quantitative estimate of drug-likeness (QED) is 0.571. The highest BCUT2D eigenvalue weighted by molar-refractivity contribution is 7.87. The van der Waals surface area contributed by atoms with E-state index in [1.54, 1.807) is 0 Å². The van der Waals surface area contributed by atoms with Crippen LogP contribution in [0.2, 0.25) is 0 Å². The van der Waals surface area contributed by atoms with E-state index < -0.39 is 21.0 Å². The van der Waals surface area contributed by atoms with Crippen molar-refractivity contribution in [3.05, 3.63) is 0 Å². The maximum atomic E-state index is 11.0. The molecule has 5 heteroatoms. The number of aliphatic hydroxyl groups is 1. The van der Waals surface area contributed by atoms with Gasteiger partial charge in [0.1, 0.15) is 5.25 Å². The van der Waals surface area contributed by atoms with Gasteiger partial charge in [0.15, 0.2) is 0 Å². The molecular weight excluding hydrogens is 168 g/mol. The Hall–Kier alpha value is -0.130. The van der Waals surface area contributed by atoms with Crippen molar-refractivity contribution in [2.24, 2.45) is 0 Å². The van der Waals surface area contributed by atoms with E-state index in [4.69, 9.17) is 0 Å². The molecule has 0 aliphatic carbocycles. The van der Waals surface area contributed by atoms with Gasteiger partial charge in [0, 0.05) is 0 Å². The van der Waals surface area contributed by atoms with Gasteiger partial charge in [-0.3, -0.25) is 4.18 Å². The molecule has 66 valence electrons. The second-order valence-electron chi connectivity index (χ2n) is 3.25. The Morgan fingerprint density at radius 1 is 1.55 bits per heavy atom. The first-order chi connectivity index (χ1) is 4.84. The Labute approximate surface area is 66.3 Å². The highest BCUT2D eigenvalue weighted by Gasteiger charge is 2.42. The Morgan fingerprint density at radius 3 is 2.27 bits per heavy atom. The Kier molecular flexibility index (Phi) is 1.98. The molecule has 1 rings (SSSR count). The SMILES string of the molecule is CC(C)(O)C1CCOS1(=O)=O. The Bertz CT molecular complexity index is 236. The van der Waals surface area contributed by atoms with Gasteiger partial charge in [-0.05, 0) is 20.3 Å². The molecule has 0 aromatic carbocycles. The van der Waals surface area contributed by atoms with Crippen LogP contribution in [0, 0.1) is 0 Å². The van der Waals surface area contributed by atoms with Crippen LogP contribution in [0.1, 0.15) is 20.3 Å². The predicted octanol–water partition coefficient (Wildman–Crippen LogP) is -0.124. The molecule has 1 saturated heterocycles. The first-order valence-corrected chi connectivity index (χ1v) is 4.92. The lowest BCUT2D eigenvalue weighted by Gasteiger charge is -2.22. The molecule has 0 aromatic rings. The van der Waals surface area contributed by atoms with Crippen LogP contribution in [-0.2, 0) is 14.3 Å². The van der Waals surface area contributed by atoms with Crippen molar-refractivity contribution in [1.29, 1.82) is 0 Å². The summed E-state index contributed by atoms with van der Waals surface area (Å²) in [5.41, 5.74) is -1.20. The molecule has 1 aliphatic rings. The maximum Gasteiger partial charge on any atom is 0.273 e. The second-order valence-corrected chi connectivity index (χ2v) is 5.04. The molecule has 1 fully saturated rings. The summed E-state index contributed by atoms with van der Waals surface area (Å²) in [6.07, 6.45) is 0.381. The van der Waals surface area contributed by atoms with Gasteiger partial charge in [-0.15, -0.1) is 0 Å². The molecule has 0 radical (unpaired) electrons. The molecule has 1 atom stereocenters. The molecule has 0 aromatic heterocycles. The lowest BCUT2D eigenvalue weighted by molar-refractivity contribution is 0.0753. The molecule has 0 amide bonds. The number of hydrogen-bond acceptors (Lipinski definition) is 4. The van der Waals surface area contributed by atoms with E-state index in [9.17, 15) is 13.5 Å². The van der Waals surface area contributed by atoms with Gasteiger partial charge >= 0.3 is 0 Å². The van der Waals surface area contributed by atoms with Crippen LogP contribution in [0.25, 0.3) is 0 Å². The maximum absolute atomic E-state index is 11.0. The van der Waals surface area contributed by atoms with Crippen LogP contribution in [0.15, 0.2) is 0 Å². The van der Waals surface area contributed by atoms with Crippen LogP contribution in [0.3, 0.4) is 0 Å². The average molecular weight is 180 g/mol. The third-order valence-electron chi connectivity index (χ3n) is 1.76. The summed E-state index contributed by atoms with van der Waals surface area (Å²) < 4.78 is 26.5. The van der Waals surface area contributed by atoms with Gasteiger partial charge in [0.05, 0.1) is 12.2 Å². The Balaban J connectivity index is 2.91. The Morgan fingerprint density at radius 2 is 2.09 bits per heavy atom. The zero-order chi connectivity index (χ0) is 8.70. The van der Waals surface area contributed by atoms with Crippen molar-refractivity contribution >= 4 is 10.1 Å². The first kappa shape index (κ1) is 8.96. The van der Waals surface area contributed by atoms with E-state index in [1.165, 1.54) is 13.8 Å². The van der Waals surface area contributed by atoms with E-state index in [1.807, 2.05) is 0 Å². The molecule has 0 saturated carbocycles. The van der Waals surface area contributed by atoms with E-state index in [0.29, 0.717) is 6.42 Å². The summed E-state index contributed by atoms with van der Waals surface area (Å²) in [5, 5.41) is 8.63. The summed E-state index contributed by atoms with van der Waals surface area (Å²) in [5.74, 6) is 0.